The van der Waals surface area contributed by atoms with Crippen LogP contribution >= 0.6 is 23.4 Å². The molecule has 0 aromatic heterocycles. The van der Waals surface area contributed by atoms with Crippen LogP contribution in [-0.4, -0.2) is 17.8 Å². The van der Waals surface area contributed by atoms with E-state index in [9.17, 15) is 4.79 Å². The van der Waals surface area contributed by atoms with Gasteiger partial charge in [0.05, 0.1) is 5.75 Å². The quantitative estimate of drug-likeness (QED) is 0.767. The van der Waals surface area contributed by atoms with Crippen LogP contribution in [0.1, 0.15) is 5.56 Å². The Balaban J connectivity index is 2.63. The zero-order chi connectivity index (χ0) is 9.68. The summed E-state index contributed by atoms with van der Waals surface area (Å²) in [5.74, 6) is 0.784. The van der Waals surface area contributed by atoms with Gasteiger partial charge in [-0.1, -0.05) is 29.8 Å². The van der Waals surface area contributed by atoms with Gasteiger partial charge >= 0.3 is 0 Å². The molecule has 0 aliphatic heterocycles. The van der Waals surface area contributed by atoms with E-state index < -0.39 is 0 Å². The zero-order valence-corrected chi connectivity index (χ0v) is 8.99. The van der Waals surface area contributed by atoms with E-state index in [1.54, 1.807) is 11.8 Å². The molecule has 1 aromatic rings. The van der Waals surface area contributed by atoms with Gasteiger partial charge in [0.2, 0.25) is 0 Å². The Morgan fingerprint density at radius 1 is 1.46 bits per heavy atom. The predicted octanol–water partition coefficient (Wildman–Crippen LogP) is 2.81. The number of Topliss-reactive ketones (excluding diaryl/α,β-unsaturated/α-hetero) is 1. The lowest BCUT2D eigenvalue weighted by molar-refractivity contribution is -0.115. The third kappa shape index (κ3) is 3.41. The molecule has 0 amide bonds. The maximum Gasteiger partial charge on any atom is 0.147 e. The van der Waals surface area contributed by atoms with Crippen molar-refractivity contribution in [3.8, 4) is 0 Å². The van der Waals surface area contributed by atoms with E-state index in [-0.39, 0.29) is 5.78 Å². The van der Waals surface area contributed by atoms with Gasteiger partial charge in [-0.15, -0.1) is 0 Å². The third-order valence-electron chi connectivity index (χ3n) is 1.65. The molecular weight excluding hydrogens is 204 g/mol. The molecular formula is C10H11ClOS. The first-order valence-electron chi connectivity index (χ1n) is 3.98. The maximum atomic E-state index is 11.3. The molecule has 70 valence electrons. The molecule has 1 rings (SSSR count). The molecule has 3 heteroatoms. The summed E-state index contributed by atoms with van der Waals surface area (Å²) in [6.07, 6.45) is 2.37. The minimum absolute atomic E-state index is 0.223. The summed E-state index contributed by atoms with van der Waals surface area (Å²) in [5.41, 5.74) is 0.920. The Bertz CT molecular complexity index is 299. The van der Waals surface area contributed by atoms with Crippen molar-refractivity contribution >= 4 is 29.1 Å². The van der Waals surface area contributed by atoms with Crippen LogP contribution in [0.5, 0.6) is 0 Å². The number of thioether (sulfide) groups is 1. The number of hydrogen-bond donors (Lipinski definition) is 0. The van der Waals surface area contributed by atoms with Crippen molar-refractivity contribution in [3.63, 3.8) is 0 Å². The Hall–Kier alpha value is -0.470. The Morgan fingerprint density at radius 3 is 2.77 bits per heavy atom. The minimum atomic E-state index is 0.223. The van der Waals surface area contributed by atoms with Crippen LogP contribution in [0.4, 0.5) is 0 Å². The summed E-state index contributed by atoms with van der Waals surface area (Å²) < 4.78 is 0. The number of carbonyl (C=O) groups excluding carboxylic acids is 1. The molecule has 0 N–H and O–H groups in total. The summed E-state index contributed by atoms with van der Waals surface area (Å²) in [6.45, 7) is 0. The van der Waals surface area contributed by atoms with Crippen LogP contribution in [0.3, 0.4) is 0 Å². The molecule has 0 spiro atoms. The second-order valence-electron chi connectivity index (χ2n) is 2.74. The second kappa shape index (κ2) is 5.30. The molecule has 0 unspecified atom stereocenters. The molecule has 0 heterocycles. The van der Waals surface area contributed by atoms with E-state index in [0.29, 0.717) is 17.2 Å². The molecule has 0 atom stereocenters. The van der Waals surface area contributed by atoms with Gasteiger partial charge in [0.1, 0.15) is 5.78 Å². The van der Waals surface area contributed by atoms with Crippen molar-refractivity contribution in [1.82, 2.24) is 0 Å². The third-order valence-corrected chi connectivity index (χ3v) is 2.63. The summed E-state index contributed by atoms with van der Waals surface area (Å²) in [6, 6.07) is 7.46. The lowest BCUT2D eigenvalue weighted by Gasteiger charge is -2.01. The number of hydrogen-bond acceptors (Lipinski definition) is 2. The first-order chi connectivity index (χ1) is 6.24. The normalized spacial score (nSPS) is 10.0. The molecule has 0 saturated heterocycles. The average Bonchev–Trinajstić information content (AvgIpc) is 2.09. The monoisotopic (exact) mass is 214 g/mol. The molecule has 1 aromatic carbocycles. The van der Waals surface area contributed by atoms with E-state index in [2.05, 4.69) is 0 Å². The number of benzene rings is 1. The van der Waals surface area contributed by atoms with E-state index in [4.69, 9.17) is 11.6 Å². The topological polar surface area (TPSA) is 17.1 Å². The van der Waals surface area contributed by atoms with Crippen LogP contribution in [0, 0.1) is 0 Å². The van der Waals surface area contributed by atoms with E-state index >= 15 is 0 Å². The van der Waals surface area contributed by atoms with Crippen LogP contribution < -0.4 is 0 Å². The highest BCUT2D eigenvalue weighted by atomic mass is 35.5. The van der Waals surface area contributed by atoms with Gasteiger partial charge < -0.3 is 0 Å². The van der Waals surface area contributed by atoms with Gasteiger partial charge in [0.25, 0.3) is 0 Å². The van der Waals surface area contributed by atoms with Crippen LogP contribution in [0.15, 0.2) is 24.3 Å². The fourth-order valence-electron chi connectivity index (χ4n) is 1.07. The molecule has 13 heavy (non-hydrogen) atoms. The predicted molar refractivity (Wildman–Crippen MR) is 58.5 cm³/mol. The molecule has 0 radical (unpaired) electrons. The van der Waals surface area contributed by atoms with Gasteiger partial charge in [-0.05, 0) is 17.9 Å². The molecule has 0 saturated carbocycles. The van der Waals surface area contributed by atoms with Gasteiger partial charge in [0, 0.05) is 11.4 Å². The Labute approximate surface area is 87.5 Å². The summed E-state index contributed by atoms with van der Waals surface area (Å²) in [5, 5.41) is 0.678. The van der Waals surface area contributed by atoms with E-state index in [1.807, 2.05) is 30.5 Å². The smallest absolute Gasteiger partial charge is 0.147 e. The molecule has 1 nitrogen and oxygen atoms in total. The molecule has 0 aliphatic carbocycles. The van der Waals surface area contributed by atoms with Crippen molar-refractivity contribution in [2.75, 3.05) is 12.0 Å². The van der Waals surface area contributed by atoms with E-state index in [0.717, 1.165) is 5.56 Å². The highest BCUT2D eigenvalue weighted by Gasteiger charge is 2.05. The van der Waals surface area contributed by atoms with E-state index in [1.165, 1.54) is 0 Å². The van der Waals surface area contributed by atoms with Crippen LogP contribution in [0.25, 0.3) is 0 Å². The fraction of sp³-hybridized carbons (Fsp3) is 0.300. The Kier molecular flexibility index (Phi) is 4.33. The highest BCUT2D eigenvalue weighted by molar-refractivity contribution is 7.99. The maximum absolute atomic E-state index is 11.3. The molecule has 0 bridgehead atoms. The molecule has 0 aliphatic rings. The van der Waals surface area contributed by atoms with Crippen molar-refractivity contribution in [1.29, 1.82) is 0 Å². The van der Waals surface area contributed by atoms with Crippen LogP contribution in [0.2, 0.25) is 5.02 Å². The number of halogens is 1. The highest BCUT2D eigenvalue weighted by Crippen LogP contribution is 2.15. The second-order valence-corrected chi connectivity index (χ2v) is 4.01. The molecule has 0 fully saturated rings. The minimum Gasteiger partial charge on any atom is -0.298 e. The average molecular weight is 215 g/mol. The van der Waals surface area contributed by atoms with Crippen LogP contribution in [-0.2, 0) is 11.2 Å². The van der Waals surface area contributed by atoms with Gasteiger partial charge in [0.15, 0.2) is 0 Å². The summed E-state index contributed by atoms with van der Waals surface area (Å²) >= 11 is 7.45. The Morgan fingerprint density at radius 2 is 2.15 bits per heavy atom. The number of ketones is 1. The van der Waals surface area contributed by atoms with Gasteiger partial charge in [-0.3, -0.25) is 4.79 Å². The van der Waals surface area contributed by atoms with Gasteiger partial charge in [-0.25, -0.2) is 0 Å². The first-order valence-corrected chi connectivity index (χ1v) is 5.75. The van der Waals surface area contributed by atoms with Crippen molar-refractivity contribution in [2.45, 2.75) is 6.42 Å². The SMILES string of the molecule is CSCC(=O)Cc1ccccc1Cl. The standard InChI is InChI=1S/C10H11ClOS/c1-13-7-9(12)6-8-4-2-3-5-10(8)11/h2-5H,6-7H2,1H3. The van der Waals surface area contributed by atoms with Gasteiger partial charge in [-0.2, -0.15) is 11.8 Å². The van der Waals surface area contributed by atoms with Crippen molar-refractivity contribution in [3.05, 3.63) is 34.9 Å². The first kappa shape index (κ1) is 10.6. The number of carbonyl (C=O) groups is 1. The summed E-state index contributed by atoms with van der Waals surface area (Å²) in [4.78, 5) is 11.3. The largest absolute Gasteiger partial charge is 0.298 e. The summed E-state index contributed by atoms with van der Waals surface area (Å²) in [7, 11) is 0. The van der Waals surface area contributed by atoms with Crippen molar-refractivity contribution in [2.24, 2.45) is 0 Å². The lowest BCUT2D eigenvalue weighted by atomic mass is 10.1. The van der Waals surface area contributed by atoms with Crippen molar-refractivity contribution < 1.29 is 4.79 Å². The number of rotatable bonds is 4. The fourth-order valence-corrected chi connectivity index (χ4v) is 1.69. The zero-order valence-electron chi connectivity index (χ0n) is 7.42. The lowest BCUT2D eigenvalue weighted by Crippen LogP contribution is -2.05.